The quantitative estimate of drug-likeness (QED) is 0.435. The number of benzene rings is 2. The van der Waals surface area contributed by atoms with Gasteiger partial charge in [-0.1, -0.05) is 42.5 Å². The highest BCUT2D eigenvalue weighted by Crippen LogP contribution is 2.24. The van der Waals surface area contributed by atoms with E-state index in [4.69, 9.17) is 15.6 Å². The lowest BCUT2D eigenvalue weighted by Gasteiger charge is -2.32. The minimum atomic E-state index is -5.08. The van der Waals surface area contributed by atoms with E-state index >= 15 is 0 Å². The highest BCUT2D eigenvalue weighted by Gasteiger charge is 2.38. The average Bonchev–Trinajstić information content (AvgIpc) is 3.20. The van der Waals surface area contributed by atoms with Crippen LogP contribution < -0.4 is 11.1 Å². The molecule has 0 bridgehead atoms. The van der Waals surface area contributed by atoms with Gasteiger partial charge in [0.15, 0.2) is 0 Å². The number of aromatic nitrogens is 1. The molecule has 1 aliphatic rings. The number of rotatable bonds is 2. The molecule has 1 aliphatic heterocycles. The Kier molecular flexibility index (Phi) is 7.02. The predicted molar refractivity (Wildman–Crippen MR) is 113 cm³/mol. The topological polar surface area (TPSA) is 129 Å². The zero-order valence-electron chi connectivity index (χ0n) is 17.2. The molecule has 33 heavy (non-hydrogen) atoms. The van der Waals surface area contributed by atoms with Gasteiger partial charge in [-0.05, 0) is 28.6 Å². The lowest BCUT2D eigenvalue weighted by atomic mass is 9.96. The Hall–Kier alpha value is -3.86. The summed E-state index contributed by atoms with van der Waals surface area (Å²) in [5, 5.41) is 10.9. The number of alkyl halides is 3. The number of aromatic amines is 1. The van der Waals surface area contributed by atoms with E-state index in [9.17, 15) is 22.8 Å². The third kappa shape index (κ3) is 5.89. The third-order valence-corrected chi connectivity index (χ3v) is 4.98. The monoisotopic (exact) mass is 462 g/mol. The van der Waals surface area contributed by atoms with Gasteiger partial charge in [0.05, 0.1) is 6.54 Å². The first-order chi connectivity index (χ1) is 15.6. The van der Waals surface area contributed by atoms with Crippen LogP contribution in [0.5, 0.6) is 0 Å². The van der Waals surface area contributed by atoms with Gasteiger partial charge in [-0.2, -0.15) is 13.2 Å². The van der Waals surface area contributed by atoms with Crippen LogP contribution in [-0.2, 0) is 27.5 Å². The highest BCUT2D eigenvalue weighted by atomic mass is 19.4. The molecule has 1 unspecified atom stereocenters. The summed E-state index contributed by atoms with van der Waals surface area (Å²) in [6.45, 7) is 1.02. The molecule has 0 radical (unpaired) electrons. The third-order valence-electron chi connectivity index (χ3n) is 4.98. The highest BCUT2D eigenvalue weighted by molar-refractivity contribution is 6.35. The van der Waals surface area contributed by atoms with Crippen LogP contribution in [0.2, 0.25) is 0 Å². The Balaban J connectivity index is 0.000000383. The summed E-state index contributed by atoms with van der Waals surface area (Å²) < 4.78 is 31.7. The Morgan fingerprint density at radius 3 is 2.42 bits per heavy atom. The molecule has 0 saturated carbocycles. The molecule has 0 spiro atoms. The van der Waals surface area contributed by atoms with Gasteiger partial charge < -0.3 is 26.0 Å². The maximum atomic E-state index is 12.5. The fourth-order valence-corrected chi connectivity index (χ4v) is 3.42. The van der Waals surface area contributed by atoms with Crippen LogP contribution in [-0.4, -0.2) is 45.5 Å². The van der Waals surface area contributed by atoms with Gasteiger partial charge in [-0.25, -0.2) is 4.79 Å². The summed E-state index contributed by atoms with van der Waals surface area (Å²) in [6.07, 6.45) is -5.08. The van der Waals surface area contributed by atoms with Gasteiger partial charge in [0.1, 0.15) is 0 Å². The summed E-state index contributed by atoms with van der Waals surface area (Å²) in [5.41, 5.74) is 10.0. The van der Waals surface area contributed by atoms with Gasteiger partial charge in [-0.3, -0.25) is 9.59 Å². The molecule has 11 heteroatoms. The summed E-state index contributed by atoms with van der Waals surface area (Å²) in [7, 11) is 0. The number of carbonyl (C=O) groups is 3. The molecule has 174 valence electrons. The van der Waals surface area contributed by atoms with E-state index in [-0.39, 0.29) is 12.6 Å². The van der Waals surface area contributed by atoms with E-state index in [1.807, 2.05) is 54.6 Å². The Bertz CT molecular complexity index is 1140. The van der Waals surface area contributed by atoms with Gasteiger partial charge in [0, 0.05) is 30.3 Å². The lowest BCUT2D eigenvalue weighted by Crippen LogP contribution is -2.47. The van der Waals surface area contributed by atoms with E-state index in [0.29, 0.717) is 13.1 Å². The number of carboxylic acids is 1. The molecule has 0 fully saturated rings. The lowest BCUT2D eigenvalue weighted by molar-refractivity contribution is -0.192. The van der Waals surface area contributed by atoms with E-state index < -0.39 is 24.0 Å². The van der Waals surface area contributed by atoms with Crippen molar-refractivity contribution < 1.29 is 32.7 Å². The number of amides is 2. The number of para-hydroxylation sites is 1. The fraction of sp³-hybridized carbons (Fsp3) is 0.227. The maximum absolute atomic E-state index is 12.5. The van der Waals surface area contributed by atoms with Crippen LogP contribution in [0.3, 0.4) is 0 Å². The second kappa shape index (κ2) is 9.74. The summed E-state index contributed by atoms with van der Waals surface area (Å²) >= 11 is 0. The van der Waals surface area contributed by atoms with Crippen molar-refractivity contribution in [3.05, 3.63) is 71.4 Å². The first-order valence-electron chi connectivity index (χ1n) is 9.83. The van der Waals surface area contributed by atoms with Crippen molar-refractivity contribution in [3.8, 4) is 0 Å². The Morgan fingerprint density at radius 2 is 1.76 bits per heavy atom. The molecule has 4 rings (SSSR count). The van der Waals surface area contributed by atoms with Crippen molar-refractivity contribution in [2.24, 2.45) is 5.73 Å². The smallest absolute Gasteiger partial charge is 0.475 e. The molecule has 1 aromatic heterocycles. The van der Waals surface area contributed by atoms with Crippen LogP contribution in [0.4, 0.5) is 13.2 Å². The molecule has 0 aliphatic carbocycles. The number of hydrogen-bond acceptors (Lipinski definition) is 4. The SMILES string of the molecule is NC1CN(C(=O)C(=O)NCc2cc3ccccc3[nH]2)Cc2ccccc21.O=C(O)C(F)(F)F. The van der Waals surface area contributed by atoms with Crippen molar-refractivity contribution in [1.29, 1.82) is 0 Å². The van der Waals surface area contributed by atoms with E-state index in [0.717, 1.165) is 27.7 Å². The maximum Gasteiger partial charge on any atom is 0.490 e. The number of nitrogens with one attached hydrogen (secondary N) is 2. The van der Waals surface area contributed by atoms with Crippen LogP contribution >= 0.6 is 0 Å². The zero-order chi connectivity index (χ0) is 24.2. The summed E-state index contributed by atoms with van der Waals surface area (Å²) in [6, 6.07) is 17.3. The van der Waals surface area contributed by atoms with E-state index in [1.54, 1.807) is 0 Å². The first kappa shape index (κ1) is 23.8. The minimum absolute atomic E-state index is 0.273. The molecule has 0 saturated heterocycles. The fourth-order valence-electron chi connectivity index (χ4n) is 3.42. The molecule has 2 aromatic carbocycles. The second-order valence-corrected chi connectivity index (χ2v) is 7.36. The number of hydrogen-bond donors (Lipinski definition) is 4. The number of nitrogens with two attached hydrogens (primary N) is 1. The van der Waals surface area contributed by atoms with Crippen molar-refractivity contribution in [3.63, 3.8) is 0 Å². The molecule has 5 N–H and O–H groups in total. The van der Waals surface area contributed by atoms with E-state index in [2.05, 4.69) is 10.3 Å². The number of fused-ring (bicyclic) bond motifs is 2. The van der Waals surface area contributed by atoms with Crippen LogP contribution in [0.1, 0.15) is 22.9 Å². The largest absolute Gasteiger partial charge is 0.490 e. The average molecular weight is 462 g/mol. The number of halogens is 3. The predicted octanol–water partition coefficient (Wildman–Crippen LogP) is 2.46. The molecule has 2 amide bonds. The van der Waals surface area contributed by atoms with Crippen LogP contribution in [0.25, 0.3) is 10.9 Å². The van der Waals surface area contributed by atoms with Crippen LogP contribution in [0.15, 0.2) is 54.6 Å². The number of nitrogens with zero attached hydrogens (tertiary/aromatic N) is 1. The van der Waals surface area contributed by atoms with Gasteiger partial charge in [0.2, 0.25) is 0 Å². The Morgan fingerprint density at radius 1 is 1.12 bits per heavy atom. The van der Waals surface area contributed by atoms with Crippen LogP contribution in [0, 0.1) is 0 Å². The number of carboxylic acid groups (broad SMARTS) is 1. The molecule has 1 atom stereocenters. The first-order valence-corrected chi connectivity index (χ1v) is 9.83. The number of carbonyl (C=O) groups excluding carboxylic acids is 2. The summed E-state index contributed by atoms with van der Waals surface area (Å²) in [5.74, 6) is -3.92. The molecule has 8 nitrogen and oxygen atoms in total. The minimum Gasteiger partial charge on any atom is -0.475 e. The van der Waals surface area contributed by atoms with Gasteiger partial charge in [0.25, 0.3) is 0 Å². The number of H-pyrrole nitrogens is 1. The van der Waals surface area contributed by atoms with Gasteiger partial charge in [-0.15, -0.1) is 0 Å². The van der Waals surface area contributed by atoms with Crippen molar-refractivity contribution >= 4 is 28.7 Å². The standard InChI is InChI=1S/C20H20N4O2.C2HF3O2/c21-17-12-24(11-14-6-1-3-7-16(14)17)20(26)19(25)22-10-15-9-13-5-2-4-8-18(13)23-15;3-2(4,5)1(6)7/h1-9,17,23H,10-12,21H2,(H,22,25);(H,6,7). The molecular weight excluding hydrogens is 441 g/mol. The van der Waals surface area contributed by atoms with E-state index in [1.165, 1.54) is 4.90 Å². The zero-order valence-corrected chi connectivity index (χ0v) is 17.2. The van der Waals surface area contributed by atoms with Crippen molar-refractivity contribution in [2.75, 3.05) is 6.54 Å². The molecule has 3 aromatic rings. The molecular formula is C22H21F3N4O4. The Labute approximate surface area is 186 Å². The second-order valence-electron chi connectivity index (χ2n) is 7.36. The van der Waals surface area contributed by atoms with Gasteiger partial charge >= 0.3 is 24.0 Å². The number of aliphatic carboxylic acids is 1. The van der Waals surface area contributed by atoms with Crippen molar-refractivity contribution in [1.82, 2.24) is 15.2 Å². The normalized spacial score (nSPS) is 15.3. The summed E-state index contributed by atoms with van der Waals surface area (Å²) in [4.78, 5) is 38.4. The molecule has 2 heterocycles. The van der Waals surface area contributed by atoms with Crippen molar-refractivity contribution in [2.45, 2.75) is 25.3 Å².